The van der Waals surface area contributed by atoms with Gasteiger partial charge >= 0.3 is 6.03 Å². The smallest absolute Gasteiger partial charge is 0.321 e. The first-order valence-corrected chi connectivity index (χ1v) is 9.08. The lowest BCUT2D eigenvalue weighted by molar-refractivity contribution is 0.0363. The van der Waals surface area contributed by atoms with Crippen LogP contribution in [0.2, 0.25) is 0 Å². The van der Waals surface area contributed by atoms with Crippen molar-refractivity contribution < 1.29 is 9.53 Å². The van der Waals surface area contributed by atoms with Crippen molar-refractivity contribution in [1.82, 2.24) is 4.90 Å². The van der Waals surface area contributed by atoms with Crippen molar-refractivity contribution in [3.63, 3.8) is 0 Å². The van der Waals surface area contributed by atoms with E-state index in [1.807, 2.05) is 29.2 Å². The van der Waals surface area contributed by atoms with E-state index < -0.39 is 0 Å². The number of urea groups is 1. The SMILES string of the molecule is CC1(C)C[C@H](Nc2ccc(NC(=O)N3CCCCCC3)cc2)CO1. The fourth-order valence-electron chi connectivity index (χ4n) is 3.49. The normalized spacial score (nSPS) is 23.6. The molecule has 0 bridgehead atoms. The molecule has 5 nitrogen and oxygen atoms in total. The molecule has 2 saturated heterocycles. The molecule has 1 atom stereocenters. The van der Waals surface area contributed by atoms with E-state index in [-0.39, 0.29) is 11.6 Å². The molecule has 24 heavy (non-hydrogen) atoms. The highest BCUT2D eigenvalue weighted by Gasteiger charge is 2.31. The number of carbonyl (C=O) groups is 1. The van der Waals surface area contributed by atoms with Gasteiger partial charge in [0.1, 0.15) is 0 Å². The number of ether oxygens (including phenoxy) is 1. The number of anilines is 2. The van der Waals surface area contributed by atoms with Crippen LogP contribution in [0, 0.1) is 0 Å². The Hall–Kier alpha value is -1.75. The summed E-state index contributed by atoms with van der Waals surface area (Å²) >= 11 is 0. The van der Waals surface area contributed by atoms with E-state index in [1.54, 1.807) is 0 Å². The summed E-state index contributed by atoms with van der Waals surface area (Å²) in [6.07, 6.45) is 5.67. The Kier molecular flexibility index (Phi) is 5.29. The molecule has 2 aliphatic heterocycles. The van der Waals surface area contributed by atoms with Crippen LogP contribution in [-0.2, 0) is 4.74 Å². The number of hydrogen-bond donors (Lipinski definition) is 2. The molecule has 0 unspecified atom stereocenters. The zero-order valence-electron chi connectivity index (χ0n) is 14.8. The zero-order valence-corrected chi connectivity index (χ0v) is 14.8. The van der Waals surface area contributed by atoms with Crippen molar-refractivity contribution in [3.8, 4) is 0 Å². The van der Waals surface area contributed by atoms with Crippen LogP contribution in [0.1, 0.15) is 46.0 Å². The molecule has 0 radical (unpaired) electrons. The number of benzene rings is 1. The van der Waals surface area contributed by atoms with Crippen LogP contribution in [0.15, 0.2) is 24.3 Å². The van der Waals surface area contributed by atoms with E-state index in [0.29, 0.717) is 6.04 Å². The molecule has 3 rings (SSSR count). The van der Waals surface area contributed by atoms with Gasteiger partial charge in [0.2, 0.25) is 0 Å². The van der Waals surface area contributed by atoms with Crippen molar-refractivity contribution in [2.75, 3.05) is 30.3 Å². The van der Waals surface area contributed by atoms with Crippen LogP contribution in [0.25, 0.3) is 0 Å². The van der Waals surface area contributed by atoms with Gasteiger partial charge in [-0.3, -0.25) is 0 Å². The summed E-state index contributed by atoms with van der Waals surface area (Å²) in [4.78, 5) is 14.3. The van der Waals surface area contributed by atoms with Gasteiger partial charge in [0, 0.05) is 24.5 Å². The van der Waals surface area contributed by atoms with Gasteiger partial charge in [-0.05, 0) is 57.4 Å². The number of amides is 2. The van der Waals surface area contributed by atoms with E-state index in [0.717, 1.165) is 50.3 Å². The number of rotatable bonds is 3. The van der Waals surface area contributed by atoms with Crippen LogP contribution < -0.4 is 10.6 Å². The van der Waals surface area contributed by atoms with Gasteiger partial charge in [-0.1, -0.05) is 12.8 Å². The fourth-order valence-corrected chi connectivity index (χ4v) is 3.49. The Morgan fingerprint density at radius 3 is 2.29 bits per heavy atom. The van der Waals surface area contributed by atoms with Gasteiger partial charge in [-0.15, -0.1) is 0 Å². The predicted molar refractivity (Wildman–Crippen MR) is 97.6 cm³/mol. The predicted octanol–water partition coefficient (Wildman–Crippen LogP) is 4.07. The summed E-state index contributed by atoms with van der Waals surface area (Å²) in [5.74, 6) is 0. The van der Waals surface area contributed by atoms with E-state index in [4.69, 9.17) is 4.74 Å². The van der Waals surface area contributed by atoms with Gasteiger partial charge in [-0.25, -0.2) is 4.79 Å². The maximum atomic E-state index is 12.3. The highest BCUT2D eigenvalue weighted by atomic mass is 16.5. The second-order valence-electron chi connectivity index (χ2n) is 7.52. The van der Waals surface area contributed by atoms with Crippen LogP contribution in [0.3, 0.4) is 0 Å². The summed E-state index contributed by atoms with van der Waals surface area (Å²) in [7, 11) is 0. The molecule has 5 heteroatoms. The highest BCUT2D eigenvalue weighted by molar-refractivity contribution is 5.89. The number of nitrogens with one attached hydrogen (secondary N) is 2. The zero-order chi connectivity index (χ0) is 17.0. The molecule has 0 aliphatic carbocycles. The third kappa shape index (κ3) is 4.63. The third-order valence-electron chi connectivity index (χ3n) is 4.81. The largest absolute Gasteiger partial charge is 0.380 e. The molecule has 1 aromatic carbocycles. The minimum atomic E-state index is -0.0429. The van der Waals surface area contributed by atoms with E-state index in [2.05, 4.69) is 24.5 Å². The Morgan fingerprint density at radius 1 is 1.08 bits per heavy atom. The second kappa shape index (κ2) is 7.43. The molecule has 1 aromatic rings. The summed E-state index contributed by atoms with van der Waals surface area (Å²) in [5, 5.41) is 6.51. The minimum absolute atomic E-state index is 0.0172. The number of nitrogens with zero attached hydrogens (tertiary/aromatic N) is 1. The summed E-state index contributed by atoms with van der Waals surface area (Å²) < 4.78 is 5.75. The Morgan fingerprint density at radius 2 is 1.71 bits per heavy atom. The third-order valence-corrected chi connectivity index (χ3v) is 4.81. The van der Waals surface area contributed by atoms with Crippen LogP contribution in [0.4, 0.5) is 16.2 Å². The van der Waals surface area contributed by atoms with Crippen LogP contribution in [-0.4, -0.2) is 42.3 Å². The molecular weight excluding hydrogens is 302 g/mol. The summed E-state index contributed by atoms with van der Waals surface area (Å²) in [6, 6.07) is 8.31. The lowest BCUT2D eigenvalue weighted by atomic mass is 10.0. The molecule has 2 N–H and O–H groups in total. The van der Waals surface area contributed by atoms with Gasteiger partial charge in [0.05, 0.1) is 18.2 Å². The van der Waals surface area contributed by atoms with E-state index >= 15 is 0 Å². The van der Waals surface area contributed by atoms with Crippen molar-refractivity contribution >= 4 is 17.4 Å². The van der Waals surface area contributed by atoms with Gasteiger partial charge < -0.3 is 20.3 Å². The van der Waals surface area contributed by atoms with Crippen molar-refractivity contribution in [2.45, 2.75) is 57.6 Å². The quantitative estimate of drug-likeness (QED) is 0.878. The molecule has 0 saturated carbocycles. The van der Waals surface area contributed by atoms with Gasteiger partial charge in [-0.2, -0.15) is 0 Å². The van der Waals surface area contributed by atoms with Crippen LogP contribution in [0.5, 0.6) is 0 Å². The maximum absolute atomic E-state index is 12.3. The molecule has 2 fully saturated rings. The van der Waals surface area contributed by atoms with Gasteiger partial charge in [0.15, 0.2) is 0 Å². The average Bonchev–Trinajstić information content (AvgIpc) is 2.77. The molecule has 0 spiro atoms. The van der Waals surface area contributed by atoms with E-state index in [9.17, 15) is 4.79 Å². The van der Waals surface area contributed by atoms with Gasteiger partial charge in [0.25, 0.3) is 0 Å². The molecule has 2 aliphatic rings. The summed E-state index contributed by atoms with van der Waals surface area (Å²) in [6.45, 7) is 6.71. The molecular formula is C19H29N3O2. The average molecular weight is 331 g/mol. The number of carbonyl (C=O) groups excluding carboxylic acids is 1. The van der Waals surface area contributed by atoms with Crippen molar-refractivity contribution in [1.29, 1.82) is 0 Å². The second-order valence-corrected chi connectivity index (χ2v) is 7.52. The Bertz CT molecular complexity index is 548. The molecule has 0 aromatic heterocycles. The lowest BCUT2D eigenvalue weighted by Gasteiger charge is -2.21. The monoisotopic (exact) mass is 331 g/mol. The Labute approximate surface area is 144 Å². The molecule has 132 valence electrons. The molecule has 2 amide bonds. The fraction of sp³-hybridized carbons (Fsp3) is 0.632. The van der Waals surface area contributed by atoms with Crippen LogP contribution >= 0.6 is 0 Å². The molecule has 2 heterocycles. The standard InChI is InChI=1S/C19H29N3O2/c1-19(2)13-17(14-24-19)20-15-7-9-16(10-8-15)21-18(23)22-11-5-3-4-6-12-22/h7-10,17,20H,3-6,11-14H2,1-2H3,(H,21,23)/t17-/m0/s1. The Balaban J connectivity index is 1.51. The topological polar surface area (TPSA) is 53.6 Å². The minimum Gasteiger partial charge on any atom is -0.380 e. The van der Waals surface area contributed by atoms with Crippen molar-refractivity contribution in [2.24, 2.45) is 0 Å². The highest BCUT2D eigenvalue weighted by Crippen LogP contribution is 2.27. The van der Waals surface area contributed by atoms with Crippen molar-refractivity contribution in [3.05, 3.63) is 24.3 Å². The first kappa shape index (κ1) is 17.1. The first-order valence-electron chi connectivity index (χ1n) is 9.08. The maximum Gasteiger partial charge on any atom is 0.321 e. The van der Waals surface area contributed by atoms with E-state index in [1.165, 1.54) is 12.8 Å². The lowest BCUT2D eigenvalue weighted by Crippen LogP contribution is -2.35. The first-order chi connectivity index (χ1) is 11.5. The number of hydrogen-bond acceptors (Lipinski definition) is 3. The number of likely N-dealkylation sites (tertiary alicyclic amines) is 1. The summed E-state index contributed by atoms with van der Waals surface area (Å²) in [5.41, 5.74) is 1.87.